The zero-order valence-corrected chi connectivity index (χ0v) is 19.7. The number of amides is 1. The number of aldehydes is 1. The van der Waals surface area contributed by atoms with Gasteiger partial charge >= 0.3 is 5.97 Å². The van der Waals surface area contributed by atoms with Crippen molar-refractivity contribution in [3.8, 4) is 0 Å². The van der Waals surface area contributed by atoms with Crippen LogP contribution in [-0.2, 0) is 22.4 Å². The van der Waals surface area contributed by atoms with Crippen LogP contribution in [0.1, 0.15) is 47.7 Å². The first-order valence-corrected chi connectivity index (χ1v) is 11.3. The average Bonchev–Trinajstić information content (AvgIpc) is 2.85. The van der Waals surface area contributed by atoms with Crippen LogP contribution in [-0.4, -0.2) is 29.8 Å². The Kier molecular flexibility index (Phi) is 14.8. The summed E-state index contributed by atoms with van der Waals surface area (Å²) in [5.41, 5.74) is 8.87. The number of hydrogen-bond donors (Lipinski definition) is 3. The van der Waals surface area contributed by atoms with E-state index in [0.717, 1.165) is 43.3 Å². The molecule has 3 aromatic rings. The number of carbonyl (C=O) groups is 3. The standard InChI is InChI=1S/C12H15NO2.C8H11N.C8H8O2/c1-2-3-4-12(15)13-11-7-5-10(9-14)6-8-11;9-7-6-8-4-2-1-3-5-8;9-8(10)6-7-4-2-1-3-5-7/h5-9H,2-4H2,1H3,(H,13,15);1-5H,6-7,9H2;1-5H,6H2,(H,9,10). The zero-order chi connectivity index (χ0) is 25.0. The topological polar surface area (TPSA) is 109 Å². The molecule has 0 fully saturated rings. The number of nitrogens with two attached hydrogens (primary N) is 1. The Hall–Kier alpha value is -3.77. The normalized spacial score (nSPS) is 9.47. The summed E-state index contributed by atoms with van der Waals surface area (Å²) < 4.78 is 0. The van der Waals surface area contributed by atoms with Gasteiger partial charge in [-0.05, 0) is 54.8 Å². The number of nitrogens with one attached hydrogen (secondary N) is 1. The minimum absolute atomic E-state index is 0.0238. The van der Waals surface area contributed by atoms with Crippen molar-refractivity contribution < 1.29 is 19.5 Å². The Morgan fingerprint density at radius 3 is 1.91 bits per heavy atom. The van der Waals surface area contributed by atoms with Gasteiger partial charge in [-0.2, -0.15) is 0 Å². The van der Waals surface area contributed by atoms with Crippen LogP contribution in [0, 0.1) is 0 Å². The summed E-state index contributed by atoms with van der Waals surface area (Å²) >= 11 is 0. The second kappa shape index (κ2) is 17.7. The van der Waals surface area contributed by atoms with Crippen LogP contribution in [0.2, 0.25) is 0 Å². The molecule has 1 amide bonds. The predicted molar refractivity (Wildman–Crippen MR) is 137 cm³/mol. The Morgan fingerprint density at radius 2 is 1.44 bits per heavy atom. The first kappa shape index (κ1) is 28.3. The van der Waals surface area contributed by atoms with E-state index < -0.39 is 5.97 Å². The van der Waals surface area contributed by atoms with Crippen LogP contribution in [0.25, 0.3) is 0 Å². The molecule has 0 aromatic heterocycles. The molecule has 0 saturated carbocycles. The maximum atomic E-state index is 11.3. The summed E-state index contributed by atoms with van der Waals surface area (Å²) in [5.74, 6) is -0.762. The Morgan fingerprint density at radius 1 is 0.882 bits per heavy atom. The average molecular weight is 463 g/mol. The van der Waals surface area contributed by atoms with Crippen molar-refractivity contribution in [2.75, 3.05) is 11.9 Å². The van der Waals surface area contributed by atoms with E-state index >= 15 is 0 Å². The molecule has 0 aliphatic heterocycles. The van der Waals surface area contributed by atoms with Crippen LogP contribution >= 0.6 is 0 Å². The van der Waals surface area contributed by atoms with Gasteiger partial charge in [-0.15, -0.1) is 0 Å². The molecule has 4 N–H and O–H groups in total. The molecule has 6 heteroatoms. The van der Waals surface area contributed by atoms with Gasteiger partial charge < -0.3 is 16.2 Å². The SMILES string of the molecule is CCCCC(=O)Nc1ccc(C=O)cc1.NCCc1ccccc1.O=C(O)Cc1ccccc1. The Labute approximate surface area is 201 Å². The van der Waals surface area contributed by atoms with Crippen LogP contribution < -0.4 is 11.1 Å². The zero-order valence-electron chi connectivity index (χ0n) is 19.7. The smallest absolute Gasteiger partial charge is 0.307 e. The highest BCUT2D eigenvalue weighted by molar-refractivity contribution is 5.91. The third-order valence-electron chi connectivity index (χ3n) is 4.56. The minimum Gasteiger partial charge on any atom is -0.481 e. The molecule has 0 spiro atoms. The summed E-state index contributed by atoms with van der Waals surface area (Å²) in [4.78, 5) is 31.9. The number of rotatable bonds is 9. The van der Waals surface area contributed by atoms with Crippen molar-refractivity contribution in [2.24, 2.45) is 5.73 Å². The quantitative estimate of drug-likeness (QED) is 0.382. The van der Waals surface area contributed by atoms with Crippen molar-refractivity contribution in [1.29, 1.82) is 0 Å². The van der Waals surface area contributed by atoms with E-state index in [2.05, 4.69) is 17.4 Å². The van der Waals surface area contributed by atoms with Crippen LogP contribution in [0.15, 0.2) is 84.9 Å². The minimum atomic E-state index is -0.786. The molecule has 0 aliphatic carbocycles. The summed E-state index contributed by atoms with van der Waals surface area (Å²) in [6.07, 6.45) is 4.34. The Balaban J connectivity index is 0.000000266. The lowest BCUT2D eigenvalue weighted by atomic mass is 10.2. The van der Waals surface area contributed by atoms with Crippen molar-refractivity contribution in [2.45, 2.75) is 39.0 Å². The van der Waals surface area contributed by atoms with Gasteiger partial charge in [-0.1, -0.05) is 74.0 Å². The van der Waals surface area contributed by atoms with Gasteiger partial charge in [0.25, 0.3) is 0 Å². The van der Waals surface area contributed by atoms with E-state index in [-0.39, 0.29) is 12.3 Å². The highest BCUT2D eigenvalue weighted by Crippen LogP contribution is 2.09. The number of benzene rings is 3. The van der Waals surface area contributed by atoms with Gasteiger partial charge in [0.15, 0.2) is 0 Å². The highest BCUT2D eigenvalue weighted by Gasteiger charge is 2.01. The molecule has 0 radical (unpaired) electrons. The van der Waals surface area contributed by atoms with E-state index in [9.17, 15) is 14.4 Å². The molecule has 0 saturated heterocycles. The monoisotopic (exact) mass is 462 g/mol. The molecular formula is C28H34N2O4. The van der Waals surface area contributed by atoms with Crippen molar-refractivity contribution in [1.82, 2.24) is 0 Å². The van der Waals surface area contributed by atoms with Crippen molar-refractivity contribution in [3.05, 3.63) is 102 Å². The van der Waals surface area contributed by atoms with Gasteiger partial charge in [0.05, 0.1) is 6.42 Å². The number of carbonyl (C=O) groups excluding carboxylic acids is 2. The van der Waals surface area contributed by atoms with Crippen molar-refractivity contribution >= 4 is 23.9 Å². The van der Waals surface area contributed by atoms with E-state index in [1.54, 1.807) is 36.4 Å². The fourth-order valence-electron chi connectivity index (χ4n) is 2.79. The number of hydrogen-bond acceptors (Lipinski definition) is 4. The molecule has 6 nitrogen and oxygen atoms in total. The number of carboxylic acid groups (broad SMARTS) is 1. The van der Waals surface area contributed by atoms with E-state index in [1.165, 1.54) is 5.56 Å². The summed E-state index contributed by atoms with van der Waals surface area (Å²) in [6, 6.07) is 26.2. The maximum Gasteiger partial charge on any atom is 0.307 e. The molecule has 180 valence electrons. The van der Waals surface area contributed by atoms with Crippen molar-refractivity contribution in [3.63, 3.8) is 0 Å². The molecule has 3 rings (SSSR count). The summed E-state index contributed by atoms with van der Waals surface area (Å²) in [6.45, 7) is 2.79. The lowest BCUT2D eigenvalue weighted by Crippen LogP contribution is -2.10. The molecule has 3 aromatic carbocycles. The fraction of sp³-hybridized carbons (Fsp3) is 0.250. The van der Waals surface area contributed by atoms with Crippen LogP contribution in [0.5, 0.6) is 0 Å². The van der Waals surface area contributed by atoms with Gasteiger partial charge in [0, 0.05) is 17.7 Å². The third-order valence-corrected chi connectivity index (χ3v) is 4.56. The lowest BCUT2D eigenvalue weighted by molar-refractivity contribution is -0.136. The predicted octanol–water partition coefficient (Wildman–Crippen LogP) is 5.13. The van der Waals surface area contributed by atoms with Crippen LogP contribution in [0.3, 0.4) is 0 Å². The second-order valence-corrected chi connectivity index (χ2v) is 7.47. The first-order valence-electron chi connectivity index (χ1n) is 11.3. The van der Waals surface area contributed by atoms with Gasteiger partial charge in [0.2, 0.25) is 5.91 Å². The lowest BCUT2D eigenvalue weighted by Gasteiger charge is -2.04. The Bertz CT molecular complexity index is 959. The van der Waals surface area contributed by atoms with E-state index in [4.69, 9.17) is 10.8 Å². The summed E-state index contributed by atoms with van der Waals surface area (Å²) in [5, 5.41) is 11.1. The van der Waals surface area contributed by atoms with E-state index in [1.807, 2.05) is 43.3 Å². The first-order chi connectivity index (χ1) is 16.5. The number of carboxylic acids is 1. The largest absolute Gasteiger partial charge is 0.481 e. The fourth-order valence-corrected chi connectivity index (χ4v) is 2.79. The number of unbranched alkanes of at least 4 members (excludes halogenated alkanes) is 1. The molecular weight excluding hydrogens is 428 g/mol. The van der Waals surface area contributed by atoms with Gasteiger partial charge in [-0.25, -0.2) is 0 Å². The van der Waals surface area contributed by atoms with Crippen LogP contribution in [0.4, 0.5) is 5.69 Å². The molecule has 0 bridgehead atoms. The number of aliphatic carboxylic acids is 1. The molecule has 0 aliphatic rings. The highest BCUT2D eigenvalue weighted by atomic mass is 16.4. The molecule has 34 heavy (non-hydrogen) atoms. The second-order valence-electron chi connectivity index (χ2n) is 7.47. The third kappa shape index (κ3) is 13.6. The number of anilines is 1. The molecule has 0 heterocycles. The van der Waals surface area contributed by atoms with Gasteiger partial charge in [-0.3, -0.25) is 14.4 Å². The molecule has 0 atom stereocenters. The van der Waals surface area contributed by atoms with E-state index in [0.29, 0.717) is 12.0 Å². The van der Waals surface area contributed by atoms with Gasteiger partial charge in [0.1, 0.15) is 6.29 Å². The summed E-state index contributed by atoms with van der Waals surface area (Å²) in [7, 11) is 0. The maximum absolute atomic E-state index is 11.3. The molecule has 0 unspecified atom stereocenters.